The Morgan fingerprint density at radius 2 is 1.64 bits per heavy atom. The first kappa shape index (κ1) is 16.4. The molecule has 0 radical (unpaired) electrons. The van der Waals surface area contributed by atoms with E-state index >= 15 is 0 Å². The third kappa shape index (κ3) is 4.74. The number of hydrogen-bond donors (Lipinski definition) is 2. The first-order chi connectivity index (χ1) is 12.2. The molecule has 7 nitrogen and oxygen atoms in total. The van der Waals surface area contributed by atoms with E-state index in [2.05, 4.69) is 20.7 Å². The lowest BCUT2D eigenvalue weighted by Gasteiger charge is -2.04. The van der Waals surface area contributed by atoms with Crippen molar-refractivity contribution >= 4 is 23.3 Å². The van der Waals surface area contributed by atoms with Crippen LogP contribution in [0.5, 0.6) is 0 Å². The van der Waals surface area contributed by atoms with E-state index in [0.717, 1.165) is 12.0 Å². The summed E-state index contributed by atoms with van der Waals surface area (Å²) in [5.74, 6) is -1.16. The van der Waals surface area contributed by atoms with Crippen molar-refractivity contribution in [2.75, 3.05) is 10.6 Å². The van der Waals surface area contributed by atoms with E-state index in [0.29, 0.717) is 18.1 Å². The third-order valence-electron chi connectivity index (χ3n) is 3.50. The Balaban J connectivity index is 1.52. The molecule has 2 amide bonds. The van der Waals surface area contributed by atoms with Crippen LogP contribution in [-0.2, 0) is 22.6 Å². The van der Waals surface area contributed by atoms with Crippen molar-refractivity contribution in [3.8, 4) is 0 Å². The van der Waals surface area contributed by atoms with Crippen molar-refractivity contribution < 1.29 is 9.59 Å². The van der Waals surface area contributed by atoms with Crippen molar-refractivity contribution in [2.24, 2.45) is 0 Å². The van der Waals surface area contributed by atoms with Gasteiger partial charge in [-0.15, -0.1) is 0 Å². The van der Waals surface area contributed by atoms with Gasteiger partial charge in [-0.1, -0.05) is 18.2 Å². The van der Waals surface area contributed by atoms with E-state index in [4.69, 9.17) is 0 Å². The Morgan fingerprint density at radius 3 is 2.40 bits per heavy atom. The van der Waals surface area contributed by atoms with Crippen LogP contribution in [0, 0.1) is 0 Å². The molecule has 0 fully saturated rings. The van der Waals surface area contributed by atoms with Gasteiger partial charge in [0.1, 0.15) is 0 Å². The lowest BCUT2D eigenvalue weighted by Crippen LogP contribution is -2.29. The second kappa shape index (κ2) is 7.87. The fraction of sp³-hybridized carbons (Fsp3) is 0.111. The van der Waals surface area contributed by atoms with Crippen LogP contribution < -0.4 is 10.6 Å². The van der Waals surface area contributed by atoms with Crippen molar-refractivity contribution in [1.82, 2.24) is 14.8 Å². The number of aromatic nitrogens is 3. The van der Waals surface area contributed by atoms with Gasteiger partial charge in [0.05, 0.1) is 0 Å². The van der Waals surface area contributed by atoms with Gasteiger partial charge >= 0.3 is 11.8 Å². The third-order valence-corrected chi connectivity index (χ3v) is 3.50. The second-order valence-corrected chi connectivity index (χ2v) is 5.34. The number of carbonyl (C=O) groups excluding carboxylic acids is 2. The van der Waals surface area contributed by atoms with E-state index in [1.165, 1.54) is 0 Å². The fourth-order valence-corrected chi connectivity index (χ4v) is 2.23. The van der Waals surface area contributed by atoms with Crippen molar-refractivity contribution in [3.05, 3.63) is 72.7 Å². The van der Waals surface area contributed by atoms with Gasteiger partial charge in [-0.25, -0.2) is 0 Å². The Hall–Kier alpha value is -3.48. The van der Waals surface area contributed by atoms with E-state index in [1.807, 2.05) is 18.2 Å². The van der Waals surface area contributed by atoms with E-state index in [9.17, 15) is 9.59 Å². The zero-order valence-electron chi connectivity index (χ0n) is 13.4. The molecule has 0 atom stereocenters. The highest BCUT2D eigenvalue weighted by Crippen LogP contribution is 2.07. The maximum atomic E-state index is 11.9. The molecule has 3 rings (SSSR count). The predicted octanol–water partition coefficient (Wildman–Crippen LogP) is 2.10. The predicted molar refractivity (Wildman–Crippen MR) is 93.9 cm³/mol. The Bertz CT molecular complexity index is 846. The lowest BCUT2D eigenvalue weighted by molar-refractivity contribution is -0.133. The van der Waals surface area contributed by atoms with Gasteiger partial charge in [0.15, 0.2) is 5.82 Å². The smallest absolute Gasteiger partial charge is 0.315 e. The number of para-hydroxylation sites is 1. The standard InChI is InChI=1S/C18H17N5O2/c24-17(20-15-4-2-1-3-5-15)18(25)21-16-9-13-23(22-16)12-8-14-6-10-19-11-7-14/h1-7,9-11,13H,8,12H2,(H,20,24)(H,21,22,25). The molecule has 0 bridgehead atoms. The minimum atomic E-state index is -0.761. The first-order valence-corrected chi connectivity index (χ1v) is 7.80. The molecule has 7 heteroatoms. The number of carbonyl (C=O) groups is 2. The Labute approximate surface area is 144 Å². The summed E-state index contributed by atoms with van der Waals surface area (Å²) in [5, 5.41) is 9.26. The molecule has 2 N–H and O–H groups in total. The highest BCUT2D eigenvalue weighted by Gasteiger charge is 2.15. The number of anilines is 2. The van der Waals surface area contributed by atoms with Crippen LogP contribution >= 0.6 is 0 Å². The molecule has 3 aromatic rings. The number of amides is 2. The average Bonchev–Trinajstić information content (AvgIpc) is 3.09. The summed E-state index contributed by atoms with van der Waals surface area (Å²) < 4.78 is 1.71. The topological polar surface area (TPSA) is 88.9 Å². The summed E-state index contributed by atoms with van der Waals surface area (Å²) >= 11 is 0. The van der Waals surface area contributed by atoms with Crippen LogP contribution in [0.15, 0.2) is 67.1 Å². The number of hydrogen-bond acceptors (Lipinski definition) is 4. The normalized spacial score (nSPS) is 10.2. The zero-order chi connectivity index (χ0) is 17.5. The molecule has 25 heavy (non-hydrogen) atoms. The summed E-state index contributed by atoms with van der Waals surface area (Å²) in [6.45, 7) is 0.663. The van der Waals surface area contributed by atoms with Gasteiger partial charge < -0.3 is 10.6 Å². The number of pyridine rings is 1. The molecule has 2 heterocycles. The highest BCUT2D eigenvalue weighted by atomic mass is 16.2. The van der Waals surface area contributed by atoms with Gasteiger partial charge in [-0.05, 0) is 36.2 Å². The zero-order valence-corrected chi connectivity index (χ0v) is 13.4. The summed E-state index contributed by atoms with van der Waals surface area (Å²) in [7, 11) is 0. The van der Waals surface area contributed by atoms with Gasteiger partial charge in [0.2, 0.25) is 0 Å². The number of benzene rings is 1. The summed E-state index contributed by atoms with van der Waals surface area (Å²) in [6, 6.07) is 14.3. The lowest BCUT2D eigenvalue weighted by atomic mass is 10.2. The van der Waals surface area contributed by atoms with Crippen LogP contribution in [0.1, 0.15) is 5.56 Å². The molecule has 0 aliphatic heterocycles. The van der Waals surface area contributed by atoms with Gasteiger partial charge in [-0.3, -0.25) is 19.3 Å². The maximum absolute atomic E-state index is 11.9. The molecule has 0 aliphatic rings. The van der Waals surface area contributed by atoms with Crippen LogP contribution in [0.4, 0.5) is 11.5 Å². The molecule has 0 saturated carbocycles. The van der Waals surface area contributed by atoms with Crippen LogP contribution in [0.2, 0.25) is 0 Å². The minimum Gasteiger partial charge on any atom is -0.318 e. The molecule has 2 aromatic heterocycles. The molecule has 0 unspecified atom stereocenters. The van der Waals surface area contributed by atoms with Crippen LogP contribution in [0.3, 0.4) is 0 Å². The van der Waals surface area contributed by atoms with E-state index < -0.39 is 11.8 Å². The van der Waals surface area contributed by atoms with Crippen molar-refractivity contribution in [3.63, 3.8) is 0 Å². The largest absolute Gasteiger partial charge is 0.318 e. The van der Waals surface area contributed by atoms with Crippen LogP contribution in [0.25, 0.3) is 0 Å². The maximum Gasteiger partial charge on any atom is 0.315 e. The van der Waals surface area contributed by atoms with E-state index in [1.54, 1.807) is 53.6 Å². The van der Waals surface area contributed by atoms with Crippen LogP contribution in [-0.4, -0.2) is 26.6 Å². The number of rotatable bonds is 5. The summed E-state index contributed by atoms with van der Waals surface area (Å²) in [4.78, 5) is 27.8. The van der Waals surface area contributed by atoms with Crippen molar-refractivity contribution in [1.29, 1.82) is 0 Å². The Morgan fingerprint density at radius 1 is 0.920 bits per heavy atom. The van der Waals surface area contributed by atoms with Gasteiger partial charge in [-0.2, -0.15) is 5.10 Å². The highest BCUT2D eigenvalue weighted by molar-refractivity contribution is 6.43. The molecular weight excluding hydrogens is 318 g/mol. The molecule has 0 spiro atoms. The summed E-state index contributed by atoms with van der Waals surface area (Å²) in [6.07, 6.45) is 6.04. The number of nitrogens with one attached hydrogen (secondary N) is 2. The second-order valence-electron chi connectivity index (χ2n) is 5.34. The molecule has 126 valence electrons. The Kier molecular flexibility index (Phi) is 5.16. The van der Waals surface area contributed by atoms with E-state index in [-0.39, 0.29) is 0 Å². The molecular formula is C18H17N5O2. The fourth-order valence-electron chi connectivity index (χ4n) is 2.23. The first-order valence-electron chi connectivity index (χ1n) is 7.80. The average molecular weight is 335 g/mol. The quantitative estimate of drug-likeness (QED) is 0.699. The molecule has 0 saturated heterocycles. The summed E-state index contributed by atoms with van der Waals surface area (Å²) in [5.41, 5.74) is 1.71. The van der Waals surface area contributed by atoms with Gasteiger partial charge in [0, 0.05) is 36.9 Å². The monoisotopic (exact) mass is 335 g/mol. The molecule has 0 aliphatic carbocycles. The van der Waals surface area contributed by atoms with Crippen molar-refractivity contribution in [2.45, 2.75) is 13.0 Å². The molecule has 1 aromatic carbocycles. The number of aryl methyl sites for hydroxylation is 2. The van der Waals surface area contributed by atoms with Gasteiger partial charge in [0.25, 0.3) is 0 Å². The SMILES string of the molecule is O=C(Nc1ccccc1)C(=O)Nc1ccn(CCc2ccncc2)n1. The number of nitrogens with zero attached hydrogens (tertiary/aromatic N) is 3. The minimum absolute atomic E-state index is 0.336.